The molecule has 0 fully saturated rings. The molecule has 32 heavy (non-hydrogen) atoms. The van der Waals surface area contributed by atoms with E-state index in [9.17, 15) is 13.2 Å². The molecule has 0 unspecified atom stereocenters. The van der Waals surface area contributed by atoms with Gasteiger partial charge in [0.05, 0.1) is 18.5 Å². The Morgan fingerprint density at radius 1 is 1.12 bits per heavy atom. The first-order valence-corrected chi connectivity index (χ1v) is 11.8. The van der Waals surface area contributed by atoms with Gasteiger partial charge in [0.25, 0.3) is 5.91 Å². The van der Waals surface area contributed by atoms with Crippen molar-refractivity contribution in [3.05, 3.63) is 60.0 Å². The van der Waals surface area contributed by atoms with E-state index in [4.69, 9.17) is 9.26 Å². The Hall–Kier alpha value is -3.40. The predicted octanol–water partition coefficient (Wildman–Crippen LogP) is 2.87. The topological polar surface area (TPSA) is 106 Å². The molecule has 0 saturated carbocycles. The normalized spacial score (nSPS) is 12.3. The standard InChI is InChI=1S/C22H26N4O5S/c1-15-8-6-7-9-19(15)21-23-20(31-24-21)14-25(3)22(27)16(2)30-18-12-10-17(11-13-18)26(4)32(5,28)29/h6-13,16H,14H2,1-5H3/t16-/m1/s1. The van der Waals surface area contributed by atoms with Crippen LogP contribution >= 0.6 is 0 Å². The fourth-order valence-electron chi connectivity index (χ4n) is 3.02. The molecule has 0 spiro atoms. The van der Waals surface area contributed by atoms with Crippen molar-refractivity contribution < 1.29 is 22.5 Å². The monoisotopic (exact) mass is 458 g/mol. The fraction of sp³-hybridized carbons (Fsp3) is 0.318. The summed E-state index contributed by atoms with van der Waals surface area (Å²) in [6.07, 6.45) is 0.360. The Kier molecular flexibility index (Phi) is 6.83. The molecule has 0 saturated heterocycles. The van der Waals surface area contributed by atoms with Gasteiger partial charge in [-0.05, 0) is 43.7 Å². The molecule has 170 valence electrons. The summed E-state index contributed by atoms with van der Waals surface area (Å²) in [6, 6.07) is 14.2. The van der Waals surface area contributed by atoms with Crippen LogP contribution in [-0.2, 0) is 21.4 Å². The van der Waals surface area contributed by atoms with Crippen LogP contribution in [0.4, 0.5) is 5.69 Å². The number of likely N-dealkylation sites (N-methyl/N-ethyl adjacent to an activating group) is 1. The van der Waals surface area contributed by atoms with Crippen molar-refractivity contribution in [1.29, 1.82) is 0 Å². The summed E-state index contributed by atoms with van der Waals surface area (Å²) >= 11 is 0. The zero-order valence-corrected chi connectivity index (χ0v) is 19.5. The predicted molar refractivity (Wildman–Crippen MR) is 121 cm³/mol. The zero-order valence-electron chi connectivity index (χ0n) is 18.6. The van der Waals surface area contributed by atoms with Crippen LogP contribution in [0.2, 0.25) is 0 Å². The van der Waals surface area contributed by atoms with Gasteiger partial charge in [-0.2, -0.15) is 4.98 Å². The lowest BCUT2D eigenvalue weighted by atomic mass is 10.1. The van der Waals surface area contributed by atoms with Crippen molar-refractivity contribution in [2.24, 2.45) is 0 Å². The van der Waals surface area contributed by atoms with Gasteiger partial charge in [0, 0.05) is 19.7 Å². The third-order valence-electron chi connectivity index (χ3n) is 4.96. The molecule has 1 amide bonds. The number of aromatic nitrogens is 2. The van der Waals surface area contributed by atoms with E-state index < -0.39 is 16.1 Å². The molecule has 0 aliphatic carbocycles. The lowest BCUT2D eigenvalue weighted by molar-refractivity contribution is -0.137. The quantitative estimate of drug-likeness (QED) is 0.511. The van der Waals surface area contributed by atoms with E-state index in [0.29, 0.717) is 23.2 Å². The van der Waals surface area contributed by atoms with E-state index in [2.05, 4.69) is 10.1 Å². The Labute approximate surface area is 187 Å². The number of anilines is 1. The van der Waals surface area contributed by atoms with Crippen molar-refractivity contribution in [3.8, 4) is 17.1 Å². The molecule has 0 radical (unpaired) electrons. The van der Waals surface area contributed by atoms with Crippen LogP contribution in [-0.4, -0.2) is 55.8 Å². The van der Waals surface area contributed by atoms with E-state index in [1.807, 2.05) is 31.2 Å². The molecule has 9 nitrogen and oxygen atoms in total. The van der Waals surface area contributed by atoms with Gasteiger partial charge in [-0.3, -0.25) is 9.10 Å². The van der Waals surface area contributed by atoms with Crippen molar-refractivity contribution >= 4 is 21.6 Å². The van der Waals surface area contributed by atoms with Gasteiger partial charge < -0.3 is 14.2 Å². The van der Waals surface area contributed by atoms with E-state index in [0.717, 1.165) is 21.7 Å². The first-order chi connectivity index (χ1) is 15.1. The third kappa shape index (κ3) is 5.44. The second-order valence-corrected chi connectivity index (χ2v) is 9.52. The number of aryl methyl sites for hydroxylation is 1. The SMILES string of the molecule is Cc1ccccc1-c1noc(CN(C)C(=O)[C@@H](C)Oc2ccc(N(C)S(C)(=O)=O)cc2)n1. The van der Waals surface area contributed by atoms with Crippen molar-refractivity contribution in [2.45, 2.75) is 26.5 Å². The molecule has 0 N–H and O–H groups in total. The second-order valence-electron chi connectivity index (χ2n) is 7.51. The summed E-state index contributed by atoms with van der Waals surface area (Å²) in [5.41, 5.74) is 2.40. The molecule has 0 aliphatic heterocycles. The Morgan fingerprint density at radius 3 is 2.41 bits per heavy atom. The van der Waals surface area contributed by atoms with E-state index in [1.165, 1.54) is 11.9 Å². The molecule has 3 aromatic rings. The van der Waals surface area contributed by atoms with Crippen LogP contribution in [0.1, 0.15) is 18.4 Å². The maximum atomic E-state index is 12.7. The third-order valence-corrected chi connectivity index (χ3v) is 6.17. The van der Waals surface area contributed by atoms with E-state index in [1.54, 1.807) is 38.2 Å². The highest BCUT2D eigenvalue weighted by atomic mass is 32.2. The van der Waals surface area contributed by atoms with Gasteiger partial charge in [0.15, 0.2) is 6.10 Å². The number of nitrogens with zero attached hydrogens (tertiary/aromatic N) is 4. The summed E-state index contributed by atoms with van der Waals surface area (Å²) in [4.78, 5) is 18.5. The van der Waals surface area contributed by atoms with Crippen LogP contribution in [0.25, 0.3) is 11.4 Å². The van der Waals surface area contributed by atoms with E-state index >= 15 is 0 Å². The van der Waals surface area contributed by atoms with Gasteiger partial charge in [0.2, 0.25) is 21.7 Å². The second kappa shape index (κ2) is 9.39. The number of hydrogen-bond donors (Lipinski definition) is 0. The minimum absolute atomic E-state index is 0.142. The molecule has 1 aromatic heterocycles. The summed E-state index contributed by atoms with van der Waals surface area (Å²) in [5.74, 6) is 0.976. The summed E-state index contributed by atoms with van der Waals surface area (Å²) in [5, 5.41) is 4.01. The van der Waals surface area contributed by atoms with Gasteiger partial charge in [-0.25, -0.2) is 8.42 Å². The van der Waals surface area contributed by atoms with Gasteiger partial charge in [-0.1, -0.05) is 29.4 Å². The molecule has 2 aromatic carbocycles. The summed E-state index contributed by atoms with van der Waals surface area (Å²) in [6.45, 7) is 3.75. The largest absolute Gasteiger partial charge is 0.481 e. The van der Waals surface area contributed by atoms with Gasteiger partial charge in [0.1, 0.15) is 5.75 Å². The van der Waals surface area contributed by atoms with Crippen LogP contribution in [0.15, 0.2) is 53.1 Å². The molecule has 10 heteroatoms. The summed E-state index contributed by atoms with van der Waals surface area (Å²) in [7, 11) is -0.257. The van der Waals surface area contributed by atoms with E-state index in [-0.39, 0.29) is 12.5 Å². The highest BCUT2D eigenvalue weighted by Gasteiger charge is 2.22. The average molecular weight is 459 g/mol. The number of ether oxygens (including phenoxy) is 1. The Bertz CT molecular complexity index is 1190. The molecule has 0 aliphatic rings. The smallest absolute Gasteiger partial charge is 0.263 e. The lowest BCUT2D eigenvalue weighted by Gasteiger charge is -2.21. The fourth-order valence-corrected chi connectivity index (χ4v) is 3.53. The van der Waals surface area contributed by atoms with Crippen LogP contribution in [0.3, 0.4) is 0 Å². The highest BCUT2D eigenvalue weighted by Crippen LogP contribution is 2.22. The van der Waals surface area contributed by atoms with Crippen LogP contribution < -0.4 is 9.04 Å². The van der Waals surface area contributed by atoms with Gasteiger partial charge >= 0.3 is 0 Å². The highest BCUT2D eigenvalue weighted by molar-refractivity contribution is 7.92. The van der Waals surface area contributed by atoms with Crippen LogP contribution in [0.5, 0.6) is 5.75 Å². The molecule has 0 bridgehead atoms. The van der Waals surface area contributed by atoms with Crippen molar-refractivity contribution in [3.63, 3.8) is 0 Å². The van der Waals surface area contributed by atoms with Crippen molar-refractivity contribution in [1.82, 2.24) is 15.0 Å². The number of carbonyl (C=O) groups is 1. The lowest BCUT2D eigenvalue weighted by Crippen LogP contribution is -2.37. The van der Waals surface area contributed by atoms with Crippen LogP contribution in [0, 0.1) is 6.92 Å². The number of amides is 1. The van der Waals surface area contributed by atoms with Gasteiger partial charge in [-0.15, -0.1) is 0 Å². The molecular weight excluding hydrogens is 432 g/mol. The Morgan fingerprint density at radius 2 is 1.78 bits per heavy atom. The average Bonchev–Trinajstić information content (AvgIpc) is 3.21. The maximum Gasteiger partial charge on any atom is 0.263 e. The Balaban J connectivity index is 1.61. The zero-order chi connectivity index (χ0) is 23.5. The molecule has 3 rings (SSSR count). The van der Waals surface area contributed by atoms with Crippen molar-refractivity contribution in [2.75, 3.05) is 24.7 Å². The maximum absolute atomic E-state index is 12.7. The minimum Gasteiger partial charge on any atom is -0.481 e. The number of carbonyl (C=O) groups excluding carboxylic acids is 1. The first kappa shape index (κ1) is 23.3. The molecule has 1 atom stereocenters. The molecular formula is C22H26N4O5S. The number of hydrogen-bond acceptors (Lipinski definition) is 7. The first-order valence-electron chi connectivity index (χ1n) is 9.90. The summed E-state index contributed by atoms with van der Waals surface area (Å²) < 4.78 is 35.5. The number of benzene rings is 2. The minimum atomic E-state index is -3.35. The molecule has 1 heterocycles. The number of sulfonamides is 1. The number of rotatable bonds is 8.